The molecule has 2 unspecified atom stereocenters. The first-order chi connectivity index (χ1) is 10.5. The second-order valence-corrected chi connectivity index (χ2v) is 5.95. The van der Waals surface area contributed by atoms with Crippen molar-refractivity contribution >= 4 is 11.8 Å². The average Bonchev–Trinajstić information content (AvgIpc) is 3.25. The van der Waals surface area contributed by atoms with Gasteiger partial charge in [-0.05, 0) is 37.0 Å². The standard InChI is InChI=1S/C16H19FN2O3/c17-11-3-1-10(2-4-11)14(20)9-19(12-5-6-12)16(22)13-7-8-15(21)18-13/h1-4,12-14,20H,5-9H2,(H,18,21). The molecule has 0 aromatic heterocycles. The predicted molar refractivity (Wildman–Crippen MR) is 77.3 cm³/mol. The smallest absolute Gasteiger partial charge is 0.245 e. The zero-order chi connectivity index (χ0) is 15.7. The summed E-state index contributed by atoms with van der Waals surface area (Å²) in [6.45, 7) is 0.168. The van der Waals surface area contributed by atoms with Gasteiger partial charge in [0.15, 0.2) is 0 Å². The van der Waals surface area contributed by atoms with Crippen LogP contribution in [0.1, 0.15) is 37.4 Å². The van der Waals surface area contributed by atoms with Gasteiger partial charge in [0.2, 0.25) is 11.8 Å². The van der Waals surface area contributed by atoms with Gasteiger partial charge in [0, 0.05) is 12.5 Å². The zero-order valence-corrected chi connectivity index (χ0v) is 12.2. The molecule has 118 valence electrons. The van der Waals surface area contributed by atoms with Crippen molar-refractivity contribution in [3.8, 4) is 0 Å². The molecule has 5 nitrogen and oxygen atoms in total. The van der Waals surface area contributed by atoms with Crippen LogP contribution >= 0.6 is 0 Å². The fourth-order valence-electron chi connectivity index (χ4n) is 2.78. The van der Waals surface area contributed by atoms with Crippen molar-refractivity contribution in [1.29, 1.82) is 0 Å². The highest BCUT2D eigenvalue weighted by Gasteiger charge is 2.39. The van der Waals surface area contributed by atoms with Crippen molar-refractivity contribution in [1.82, 2.24) is 10.2 Å². The van der Waals surface area contributed by atoms with Crippen molar-refractivity contribution in [2.45, 2.75) is 43.9 Å². The van der Waals surface area contributed by atoms with E-state index in [1.165, 1.54) is 24.3 Å². The van der Waals surface area contributed by atoms with Gasteiger partial charge < -0.3 is 15.3 Å². The third kappa shape index (κ3) is 3.27. The van der Waals surface area contributed by atoms with Crippen molar-refractivity contribution in [2.75, 3.05) is 6.54 Å². The first-order valence-corrected chi connectivity index (χ1v) is 7.58. The number of carbonyl (C=O) groups excluding carboxylic acids is 2. The second kappa shape index (κ2) is 6.04. The second-order valence-electron chi connectivity index (χ2n) is 5.95. The number of hydrogen-bond donors (Lipinski definition) is 2. The molecular formula is C16H19FN2O3. The summed E-state index contributed by atoms with van der Waals surface area (Å²) < 4.78 is 12.9. The van der Waals surface area contributed by atoms with Crippen LogP contribution in [0.3, 0.4) is 0 Å². The highest BCUT2D eigenvalue weighted by atomic mass is 19.1. The molecule has 22 heavy (non-hydrogen) atoms. The Morgan fingerprint density at radius 2 is 2.00 bits per heavy atom. The number of carbonyl (C=O) groups is 2. The summed E-state index contributed by atoms with van der Waals surface area (Å²) in [4.78, 5) is 25.5. The van der Waals surface area contributed by atoms with Crippen LogP contribution in [0, 0.1) is 5.82 Å². The Labute approximate surface area is 128 Å². The van der Waals surface area contributed by atoms with Crippen LogP contribution in [-0.2, 0) is 9.59 Å². The lowest BCUT2D eigenvalue weighted by molar-refractivity contribution is -0.136. The monoisotopic (exact) mass is 306 g/mol. The molecule has 2 aliphatic rings. The van der Waals surface area contributed by atoms with Crippen LogP contribution in [0.4, 0.5) is 4.39 Å². The van der Waals surface area contributed by atoms with E-state index in [0.29, 0.717) is 18.4 Å². The largest absolute Gasteiger partial charge is 0.387 e. The molecule has 0 spiro atoms. The number of nitrogens with one attached hydrogen (secondary N) is 1. The summed E-state index contributed by atoms with van der Waals surface area (Å²) in [6, 6.07) is 5.28. The van der Waals surface area contributed by atoms with E-state index in [1.54, 1.807) is 4.90 Å². The summed E-state index contributed by atoms with van der Waals surface area (Å²) in [5.41, 5.74) is 0.579. The molecule has 1 heterocycles. The first kappa shape index (κ1) is 15.0. The van der Waals surface area contributed by atoms with E-state index in [1.807, 2.05) is 0 Å². The normalized spacial score (nSPS) is 22.3. The zero-order valence-electron chi connectivity index (χ0n) is 12.2. The third-order valence-electron chi connectivity index (χ3n) is 4.19. The molecule has 2 amide bonds. The minimum atomic E-state index is -0.859. The van der Waals surface area contributed by atoms with Gasteiger partial charge in [-0.15, -0.1) is 0 Å². The minimum absolute atomic E-state index is 0.104. The average molecular weight is 306 g/mol. The molecule has 2 N–H and O–H groups in total. The molecular weight excluding hydrogens is 287 g/mol. The van der Waals surface area contributed by atoms with E-state index >= 15 is 0 Å². The Hall–Kier alpha value is -1.95. The van der Waals surface area contributed by atoms with Crippen LogP contribution in [0.15, 0.2) is 24.3 Å². The van der Waals surface area contributed by atoms with E-state index in [-0.39, 0.29) is 30.2 Å². The molecule has 1 saturated carbocycles. The molecule has 2 fully saturated rings. The SMILES string of the molecule is O=C1CCC(C(=O)N(CC(O)c2ccc(F)cc2)C2CC2)N1. The lowest BCUT2D eigenvalue weighted by Crippen LogP contribution is -2.47. The number of amides is 2. The van der Waals surface area contributed by atoms with Crippen LogP contribution in [0.25, 0.3) is 0 Å². The highest BCUT2D eigenvalue weighted by Crippen LogP contribution is 2.30. The predicted octanol–water partition coefficient (Wildman–Crippen LogP) is 1.13. The number of benzene rings is 1. The molecule has 1 aliphatic carbocycles. The molecule has 1 aliphatic heterocycles. The molecule has 6 heteroatoms. The maximum Gasteiger partial charge on any atom is 0.245 e. The molecule has 1 saturated heterocycles. The highest BCUT2D eigenvalue weighted by molar-refractivity contribution is 5.91. The van der Waals surface area contributed by atoms with E-state index in [2.05, 4.69) is 5.32 Å². The summed E-state index contributed by atoms with van der Waals surface area (Å²) >= 11 is 0. The number of hydrogen-bond acceptors (Lipinski definition) is 3. The number of aliphatic hydroxyl groups is 1. The van der Waals surface area contributed by atoms with Crippen LogP contribution in [0.5, 0.6) is 0 Å². The Balaban J connectivity index is 1.67. The Kier molecular flexibility index (Phi) is 4.11. The maximum atomic E-state index is 12.9. The Morgan fingerprint density at radius 3 is 2.55 bits per heavy atom. The lowest BCUT2D eigenvalue weighted by atomic mass is 10.1. The fourth-order valence-corrected chi connectivity index (χ4v) is 2.78. The van der Waals surface area contributed by atoms with Crippen molar-refractivity contribution in [3.63, 3.8) is 0 Å². The Morgan fingerprint density at radius 1 is 1.32 bits per heavy atom. The van der Waals surface area contributed by atoms with Gasteiger partial charge in [0.05, 0.1) is 12.6 Å². The topological polar surface area (TPSA) is 69.6 Å². The molecule has 1 aromatic rings. The van der Waals surface area contributed by atoms with E-state index in [4.69, 9.17) is 0 Å². The van der Waals surface area contributed by atoms with Gasteiger partial charge in [-0.25, -0.2) is 4.39 Å². The van der Waals surface area contributed by atoms with Crippen LogP contribution < -0.4 is 5.32 Å². The van der Waals surface area contributed by atoms with Gasteiger partial charge in [-0.2, -0.15) is 0 Å². The molecule has 2 atom stereocenters. The molecule has 0 bridgehead atoms. The van der Waals surface area contributed by atoms with Crippen molar-refractivity contribution in [3.05, 3.63) is 35.6 Å². The van der Waals surface area contributed by atoms with E-state index < -0.39 is 12.1 Å². The lowest BCUT2D eigenvalue weighted by Gasteiger charge is -2.28. The molecule has 1 aromatic carbocycles. The van der Waals surface area contributed by atoms with Gasteiger partial charge >= 0.3 is 0 Å². The summed E-state index contributed by atoms with van der Waals surface area (Å²) in [5.74, 6) is -0.595. The van der Waals surface area contributed by atoms with Crippen molar-refractivity contribution in [2.24, 2.45) is 0 Å². The van der Waals surface area contributed by atoms with E-state index in [0.717, 1.165) is 12.8 Å². The Bertz CT molecular complexity index is 571. The summed E-state index contributed by atoms with van der Waals surface area (Å²) in [5, 5.41) is 13.0. The number of nitrogens with zero attached hydrogens (tertiary/aromatic N) is 1. The van der Waals surface area contributed by atoms with Gasteiger partial charge in [0.25, 0.3) is 0 Å². The van der Waals surface area contributed by atoms with Crippen LogP contribution in [-0.4, -0.2) is 40.4 Å². The third-order valence-corrected chi connectivity index (χ3v) is 4.19. The molecule has 3 rings (SSSR count). The first-order valence-electron chi connectivity index (χ1n) is 7.58. The number of halogens is 1. The van der Waals surface area contributed by atoms with Gasteiger partial charge in [-0.3, -0.25) is 9.59 Å². The fraction of sp³-hybridized carbons (Fsp3) is 0.500. The number of aliphatic hydroxyl groups excluding tert-OH is 1. The van der Waals surface area contributed by atoms with Gasteiger partial charge in [0.1, 0.15) is 11.9 Å². The maximum absolute atomic E-state index is 12.9. The minimum Gasteiger partial charge on any atom is -0.387 e. The van der Waals surface area contributed by atoms with Gasteiger partial charge in [-0.1, -0.05) is 12.1 Å². The summed E-state index contributed by atoms with van der Waals surface area (Å²) in [6.07, 6.45) is 1.86. The van der Waals surface area contributed by atoms with Crippen molar-refractivity contribution < 1.29 is 19.1 Å². The summed E-state index contributed by atoms with van der Waals surface area (Å²) in [7, 11) is 0. The quantitative estimate of drug-likeness (QED) is 0.857. The molecule has 0 radical (unpaired) electrons. The van der Waals surface area contributed by atoms with Crippen LogP contribution in [0.2, 0.25) is 0 Å². The van der Waals surface area contributed by atoms with E-state index in [9.17, 15) is 19.1 Å². The number of rotatable bonds is 5.